The van der Waals surface area contributed by atoms with E-state index in [-0.39, 0.29) is 11.0 Å². The summed E-state index contributed by atoms with van der Waals surface area (Å²) >= 11 is 13.5. The summed E-state index contributed by atoms with van der Waals surface area (Å²) in [6.07, 6.45) is 1.58. The van der Waals surface area contributed by atoms with Gasteiger partial charge in [-0.3, -0.25) is 14.9 Å². The third-order valence-corrected chi connectivity index (χ3v) is 6.16. The number of aromatic nitrogens is 2. The van der Waals surface area contributed by atoms with Gasteiger partial charge in [0, 0.05) is 28.2 Å². The number of pyridine rings is 1. The lowest BCUT2D eigenvalue weighted by molar-refractivity contribution is 0.102. The third kappa shape index (κ3) is 3.17. The summed E-state index contributed by atoms with van der Waals surface area (Å²) in [6.45, 7) is 4.41. The number of anilines is 1. The van der Waals surface area contributed by atoms with Crippen LogP contribution in [0, 0.1) is 6.92 Å². The first kappa shape index (κ1) is 18.9. The van der Waals surface area contributed by atoms with Crippen molar-refractivity contribution in [3.8, 4) is 0 Å². The Balaban J connectivity index is 1.79. The predicted octanol–water partition coefficient (Wildman–Crippen LogP) is 5.50. The molecule has 0 spiro atoms. The van der Waals surface area contributed by atoms with Crippen LogP contribution in [0.25, 0.3) is 21.1 Å². The second-order valence-electron chi connectivity index (χ2n) is 6.31. The fourth-order valence-electron chi connectivity index (χ4n) is 3.18. The number of rotatable bonds is 3. The first-order chi connectivity index (χ1) is 13.4. The second kappa shape index (κ2) is 7.20. The molecular weight excluding hydrogens is 417 g/mol. The molecule has 0 atom stereocenters. The van der Waals surface area contributed by atoms with Crippen LogP contribution >= 0.6 is 34.5 Å². The molecule has 0 aliphatic carbocycles. The number of aryl methyl sites for hydroxylation is 2. The molecule has 0 unspecified atom stereocenters. The molecule has 0 aliphatic heterocycles. The largest absolute Gasteiger partial charge is 0.346 e. The maximum atomic E-state index is 13.0. The van der Waals surface area contributed by atoms with Gasteiger partial charge in [0.15, 0.2) is 5.13 Å². The molecule has 0 fully saturated rings. The average Bonchev–Trinajstić information content (AvgIpc) is 3.06. The van der Waals surface area contributed by atoms with E-state index < -0.39 is 5.91 Å². The standard InChI is InChI=1S/C20H15Cl2N3O2S/c1-3-25-9-13(18(26)12-5-6-14(22)10(2)17(12)25)19(27)24-20-23-15-7-4-11(21)8-16(15)28-20/h4-9H,3H2,1-2H3,(H,23,24,27). The number of thiazole rings is 1. The summed E-state index contributed by atoms with van der Waals surface area (Å²) in [5.74, 6) is -0.494. The number of halogens is 2. The van der Waals surface area contributed by atoms with Crippen LogP contribution in [0.3, 0.4) is 0 Å². The molecule has 4 rings (SSSR count). The molecule has 4 aromatic rings. The first-order valence-corrected chi connectivity index (χ1v) is 10.2. The number of benzene rings is 2. The molecule has 0 bridgehead atoms. The van der Waals surface area contributed by atoms with Gasteiger partial charge in [0.05, 0.1) is 15.7 Å². The van der Waals surface area contributed by atoms with E-state index in [0.29, 0.717) is 27.1 Å². The molecule has 5 nitrogen and oxygen atoms in total. The van der Waals surface area contributed by atoms with Crippen molar-refractivity contribution in [1.82, 2.24) is 9.55 Å². The van der Waals surface area contributed by atoms with E-state index in [1.165, 1.54) is 11.3 Å². The van der Waals surface area contributed by atoms with Crippen LogP contribution in [0.2, 0.25) is 10.0 Å². The SMILES string of the molecule is CCn1cc(C(=O)Nc2nc3ccc(Cl)cc3s2)c(=O)c2ccc(Cl)c(C)c21. The van der Waals surface area contributed by atoms with Crippen LogP contribution in [-0.2, 0) is 6.54 Å². The Labute approximate surface area is 174 Å². The van der Waals surface area contributed by atoms with E-state index >= 15 is 0 Å². The zero-order valence-corrected chi connectivity index (χ0v) is 17.4. The van der Waals surface area contributed by atoms with Gasteiger partial charge in [-0.2, -0.15) is 0 Å². The fourth-order valence-corrected chi connectivity index (χ4v) is 4.47. The highest BCUT2D eigenvalue weighted by Crippen LogP contribution is 2.29. The number of amides is 1. The van der Waals surface area contributed by atoms with Crippen LogP contribution < -0.4 is 10.7 Å². The molecule has 1 N–H and O–H groups in total. The van der Waals surface area contributed by atoms with Crippen molar-refractivity contribution < 1.29 is 4.79 Å². The van der Waals surface area contributed by atoms with Crippen molar-refractivity contribution >= 4 is 66.7 Å². The van der Waals surface area contributed by atoms with Gasteiger partial charge in [-0.25, -0.2) is 4.98 Å². The molecule has 1 amide bonds. The van der Waals surface area contributed by atoms with E-state index in [1.807, 2.05) is 18.4 Å². The molecule has 0 aliphatic rings. The van der Waals surface area contributed by atoms with Crippen LogP contribution in [0.1, 0.15) is 22.8 Å². The summed E-state index contributed by atoms with van der Waals surface area (Å²) in [7, 11) is 0. The van der Waals surface area contributed by atoms with Gasteiger partial charge < -0.3 is 4.57 Å². The normalized spacial score (nSPS) is 11.3. The summed E-state index contributed by atoms with van der Waals surface area (Å²) in [6, 6.07) is 8.66. The molecule has 0 radical (unpaired) electrons. The number of hydrogen-bond donors (Lipinski definition) is 1. The van der Waals surface area contributed by atoms with Crippen LogP contribution in [-0.4, -0.2) is 15.5 Å². The molecular formula is C20H15Cl2N3O2S. The minimum absolute atomic E-state index is 0.0633. The van der Waals surface area contributed by atoms with E-state index in [9.17, 15) is 9.59 Å². The van der Waals surface area contributed by atoms with Crippen molar-refractivity contribution in [2.24, 2.45) is 0 Å². The van der Waals surface area contributed by atoms with Gasteiger partial charge >= 0.3 is 0 Å². The number of fused-ring (bicyclic) bond motifs is 2. The van der Waals surface area contributed by atoms with Gasteiger partial charge in [-0.1, -0.05) is 34.5 Å². The topological polar surface area (TPSA) is 64.0 Å². The molecule has 142 valence electrons. The van der Waals surface area contributed by atoms with Gasteiger partial charge in [0.2, 0.25) is 5.43 Å². The molecule has 2 heterocycles. The number of hydrogen-bond acceptors (Lipinski definition) is 4. The van der Waals surface area contributed by atoms with Crippen LogP contribution in [0.4, 0.5) is 5.13 Å². The molecule has 2 aromatic heterocycles. The lowest BCUT2D eigenvalue weighted by Gasteiger charge is -2.14. The van der Waals surface area contributed by atoms with E-state index in [0.717, 1.165) is 21.3 Å². The Morgan fingerprint density at radius 1 is 1.25 bits per heavy atom. The zero-order valence-electron chi connectivity index (χ0n) is 15.0. The lowest BCUT2D eigenvalue weighted by Crippen LogP contribution is -2.24. The molecule has 0 saturated carbocycles. The summed E-state index contributed by atoms with van der Waals surface area (Å²) in [4.78, 5) is 30.2. The molecule has 28 heavy (non-hydrogen) atoms. The molecule has 2 aromatic carbocycles. The lowest BCUT2D eigenvalue weighted by atomic mass is 10.1. The van der Waals surface area contributed by atoms with E-state index in [4.69, 9.17) is 23.2 Å². The summed E-state index contributed by atoms with van der Waals surface area (Å²) < 4.78 is 2.72. The minimum atomic E-state index is -0.494. The van der Waals surface area contributed by atoms with Crippen molar-refractivity contribution in [3.05, 3.63) is 67.9 Å². The number of nitrogens with zero attached hydrogens (tertiary/aromatic N) is 2. The Morgan fingerprint density at radius 2 is 2.04 bits per heavy atom. The van der Waals surface area contributed by atoms with Gasteiger partial charge in [0.1, 0.15) is 5.56 Å². The van der Waals surface area contributed by atoms with Gasteiger partial charge in [-0.05, 0) is 49.7 Å². The van der Waals surface area contributed by atoms with Crippen LogP contribution in [0.5, 0.6) is 0 Å². The minimum Gasteiger partial charge on any atom is -0.346 e. The highest BCUT2D eigenvalue weighted by Gasteiger charge is 2.18. The highest BCUT2D eigenvalue weighted by molar-refractivity contribution is 7.22. The molecule has 8 heteroatoms. The van der Waals surface area contributed by atoms with Crippen molar-refractivity contribution in [2.45, 2.75) is 20.4 Å². The first-order valence-electron chi connectivity index (χ1n) is 8.58. The van der Waals surface area contributed by atoms with Crippen molar-refractivity contribution in [1.29, 1.82) is 0 Å². The Hall–Kier alpha value is -2.41. The summed E-state index contributed by atoms with van der Waals surface area (Å²) in [5.41, 5.74) is 2.02. The Bertz CT molecular complexity index is 1310. The number of nitrogens with one attached hydrogen (secondary N) is 1. The van der Waals surface area contributed by atoms with Crippen molar-refractivity contribution in [2.75, 3.05) is 5.32 Å². The molecule has 0 saturated heterocycles. The van der Waals surface area contributed by atoms with Crippen molar-refractivity contribution in [3.63, 3.8) is 0 Å². The van der Waals surface area contributed by atoms with Crippen LogP contribution in [0.15, 0.2) is 41.3 Å². The smallest absolute Gasteiger partial charge is 0.262 e. The monoisotopic (exact) mass is 431 g/mol. The average molecular weight is 432 g/mol. The summed E-state index contributed by atoms with van der Waals surface area (Å²) in [5, 5.41) is 4.80. The Morgan fingerprint density at radius 3 is 2.79 bits per heavy atom. The maximum absolute atomic E-state index is 13.0. The second-order valence-corrected chi connectivity index (χ2v) is 8.19. The van der Waals surface area contributed by atoms with Gasteiger partial charge in [0.25, 0.3) is 5.91 Å². The number of carbonyl (C=O) groups is 1. The zero-order chi connectivity index (χ0) is 20.0. The maximum Gasteiger partial charge on any atom is 0.262 e. The fraction of sp³-hybridized carbons (Fsp3) is 0.150. The van der Waals surface area contributed by atoms with E-state index in [2.05, 4.69) is 10.3 Å². The Kier molecular flexibility index (Phi) is 4.87. The van der Waals surface area contributed by atoms with Gasteiger partial charge in [-0.15, -0.1) is 0 Å². The quantitative estimate of drug-likeness (QED) is 0.465. The number of carbonyl (C=O) groups excluding carboxylic acids is 1. The third-order valence-electron chi connectivity index (χ3n) is 4.58. The predicted molar refractivity (Wildman–Crippen MR) is 116 cm³/mol. The van der Waals surface area contributed by atoms with E-state index in [1.54, 1.807) is 36.5 Å². The highest BCUT2D eigenvalue weighted by atomic mass is 35.5.